The number of benzene rings is 3. The molecule has 3 aromatic rings. The summed E-state index contributed by atoms with van der Waals surface area (Å²) >= 11 is 0. The van der Waals surface area contributed by atoms with Gasteiger partial charge >= 0.3 is 5.97 Å². The van der Waals surface area contributed by atoms with Gasteiger partial charge in [-0.3, -0.25) is 9.10 Å². The van der Waals surface area contributed by atoms with Crippen molar-refractivity contribution in [2.75, 3.05) is 16.2 Å². The number of carbonyl (C=O) groups excluding carboxylic acids is 2. The molecule has 1 heterocycles. The number of esters is 1. The molecule has 34 heavy (non-hydrogen) atoms. The van der Waals surface area contributed by atoms with Gasteiger partial charge in [-0.25, -0.2) is 13.2 Å². The van der Waals surface area contributed by atoms with E-state index in [1.54, 1.807) is 12.1 Å². The van der Waals surface area contributed by atoms with Crippen LogP contribution in [0, 0.1) is 13.8 Å². The van der Waals surface area contributed by atoms with Gasteiger partial charge in [0.1, 0.15) is 0 Å². The molecule has 1 aliphatic heterocycles. The molecule has 0 bridgehead atoms. The van der Waals surface area contributed by atoms with E-state index in [1.807, 2.05) is 44.2 Å². The highest BCUT2D eigenvalue weighted by molar-refractivity contribution is 7.92. The van der Waals surface area contributed by atoms with E-state index < -0.39 is 28.0 Å². The van der Waals surface area contributed by atoms with Crippen LogP contribution in [0.4, 0.5) is 11.4 Å². The van der Waals surface area contributed by atoms with Gasteiger partial charge in [-0.1, -0.05) is 36.4 Å². The van der Waals surface area contributed by atoms with Crippen LogP contribution in [0.15, 0.2) is 71.6 Å². The number of aryl methyl sites for hydroxylation is 2. The third-order valence-corrected chi connectivity index (χ3v) is 7.62. The third kappa shape index (κ3) is 4.68. The van der Waals surface area contributed by atoms with Crippen LogP contribution in [0.2, 0.25) is 0 Å². The lowest BCUT2D eigenvalue weighted by Gasteiger charge is -2.20. The fourth-order valence-corrected chi connectivity index (χ4v) is 5.41. The molecule has 0 radical (unpaired) electrons. The van der Waals surface area contributed by atoms with Crippen molar-refractivity contribution in [2.24, 2.45) is 0 Å². The van der Waals surface area contributed by atoms with Gasteiger partial charge in [-0.15, -0.1) is 0 Å². The Kier molecular flexibility index (Phi) is 6.43. The number of rotatable bonds is 6. The van der Waals surface area contributed by atoms with Crippen LogP contribution >= 0.6 is 0 Å². The van der Waals surface area contributed by atoms with Crippen molar-refractivity contribution in [1.29, 1.82) is 0 Å². The fraction of sp³-hybridized carbons (Fsp3) is 0.231. The molecule has 1 unspecified atom stereocenters. The number of nitrogens with one attached hydrogen (secondary N) is 1. The van der Waals surface area contributed by atoms with Gasteiger partial charge < -0.3 is 10.1 Å². The Hall–Kier alpha value is -3.65. The number of para-hydroxylation sites is 1. The topological polar surface area (TPSA) is 92.8 Å². The van der Waals surface area contributed by atoms with Crippen molar-refractivity contribution in [3.8, 4) is 0 Å². The molecule has 176 valence electrons. The molecule has 3 aromatic carbocycles. The first-order valence-electron chi connectivity index (χ1n) is 11.0. The predicted molar refractivity (Wildman–Crippen MR) is 131 cm³/mol. The van der Waals surface area contributed by atoms with Crippen molar-refractivity contribution >= 4 is 33.3 Å². The van der Waals surface area contributed by atoms with Crippen LogP contribution in [0.5, 0.6) is 0 Å². The average molecular weight is 479 g/mol. The first-order valence-corrected chi connectivity index (χ1v) is 12.4. The summed E-state index contributed by atoms with van der Waals surface area (Å²) in [6.45, 7) is 5.60. The number of amides is 1. The summed E-state index contributed by atoms with van der Waals surface area (Å²) in [5.41, 5.74) is 4.19. The van der Waals surface area contributed by atoms with Gasteiger partial charge in [0, 0.05) is 12.2 Å². The highest BCUT2D eigenvalue weighted by Crippen LogP contribution is 2.32. The zero-order chi connectivity index (χ0) is 24.5. The summed E-state index contributed by atoms with van der Waals surface area (Å²) in [5.74, 6) is -1.25. The molecule has 1 atom stereocenters. The Bertz CT molecular complexity index is 1370. The van der Waals surface area contributed by atoms with E-state index in [2.05, 4.69) is 5.32 Å². The van der Waals surface area contributed by atoms with Crippen molar-refractivity contribution in [2.45, 2.75) is 38.2 Å². The minimum absolute atomic E-state index is 0.00820. The highest BCUT2D eigenvalue weighted by atomic mass is 32.2. The van der Waals surface area contributed by atoms with Crippen LogP contribution < -0.4 is 9.62 Å². The maximum absolute atomic E-state index is 13.3. The molecule has 0 spiro atoms. The molecule has 4 rings (SSSR count). The maximum Gasteiger partial charge on any atom is 0.338 e. The molecular formula is C26H26N2O5S. The molecule has 0 saturated heterocycles. The number of sulfonamides is 1. The lowest BCUT2D eigenvalue weighted by Crippen LogP contribution is -2.31. The Labute approximate surface area is 199 Å². The monoisotopic (exact) mass is 478 g/mol. The van der Waals surface area contributed by atoms with Crippen LogP contribution in [-0.4, -0.2) is 32.9 Å². The predicted octanol–water partition coefficient (Wildman–Crippen LogP) is 4.24. The summed E-state index contributed by atoms with van der Waals surface area (Å²) in [5, 5.41) is 2.77. The molecule has 0 saturated carbocycles. The van der Waals surface area contributed by atoms with E-state index in [0.717, 1.165) is 16.7 Å². The van der Waals surface area contributed by atoms with E-state index in [-0.39, 0.29) is 10.5 Å². The Balaban J connectivity index is 1.49. The molecule has 0 aromatic heterocycles. The quantitative estimate of drug-likeness (QED) is 0.535. The summed E-state index contributed by atoms with van der Waals surface area (Å²) in [6.07, 6.45) is -0.442. The normalized spacial score (nSPS) is 13.8. The smallest absolute Gasteiger partial charge is 0.338 e. The van der Waals surface area contributed by atoms with E-state index >= 15 is 0 Å². The number of carbonyl (C=O) groups is 2. The number of hydrogen-bond donors (Lipinski definition) is 1. The van der Waals surface area contributed by atoms with Crippen molar-refractivity contribution in [1.82, 2.24) is 0 Å². The summed E-state index contributed by atoms with van der Waals surface area (Å²) in [4.78, 5) is 25.3. The molecule has 1 amide bonds. The first kappa shape index (κ1) is 23.5. The second-order valence-electron chi connectivity index (χ2n) is 8.34. The van der Waals surface area contributed by atoms with Crippen LogP contribution in [0.1, 0.15) is 34.0 Å². The van der Waals surface area contributed by atoms with Crippen molar-refractivity contribution in [3.05, 3.63) is 89.0 Å². The standard InChI is InChI=1S/C26H26N2O5S/c1-17-11-12-18(2)23(15-17)27-25(29)19(3)33-26(30)21-8-6-9-22(16-21)34(31,32)28-14-13-20-7-4-5-10-24(20)28/h4-12,15-16,19H,13-14H2,1-3H3,(H,27,29). The molecule has 0 aliphatic carbocycles. The third-order valence-electron chi connectivity index (χ3n) is 5.81. The SMILES string of the molecule is Cc1ccc(C)c(NC(=O)C(C)OC(=O)c2cccc(S(=O)(=O)N3CCc4ccccc43)c2)c1. The van der Waals surface area contributed by atoms with E-state index in [0.29, 0.717) is 24.3 Å². The minimum atomic E-state index is -3.86. The second kappa shape index (κ2) is 9.30. The molecule has 0 fully saturated rings. The summed E-state index contributed by atoms with van der Waals surface area (Å²) in [6, 6.07) is 18.7. The number of hydrogen-bond acceptors (Lipinski definition) is 5. The molecule has 8 heteroatoms. The van der Waals surface area contributed by atoms with Gasteiger partial charge in [-0.05, 0) is 74.2 Å². The second-order valence-corrected chi connectivity index (χ2v) is 10.2. The first-order chi connectivity index (χ1) is 16.2. The van der Waals surface area contributed by atoms with Crippen LogP contribution in [-0.2, 0) is 26.0 Å². The number of anilines is 2. The van der Waals surface area contributed by atoms with E-state index in [4.69, 9.17) is 4.74 Å². The lowest BCUT2D eigenvalue weighted by atomic mass is 10.1. The molecule has 1 N–H and O–H groups in total. The maximum atomic E-state index is 13.3. The Morgan fingerprint density at radius 1 is 1.00 bits per heavy atom. The molecule has 7 nitrogen and oxygen atoms in total. The van der Waals surface area contributed by atoms with Crippen molar-refractivity contribution < 1.29 is 22.7 Å². The fourth-order valence-electron chi connectivity index (χ4n) is 3.86. The van der Waals surface area contributed by atoms with E-state index in [9.17, 15) is 18.0 Å². The zero-order valence-electron chi connectivity index (χ0n) is 19.2. The Morgan fingerprint density at radius 3 is 2.56 bits per heavy atom. The number of fused-ring (bicyclic) bond motifs is 1. The largest absolute Gasteiger partial charge is 0.449 e. The van der Waals surface area contributed by atoms with Gasteiger partial charge in [0.15, 0.2) is 6.10 Å². The van der Waals surface area contributed by atoms with Crippen molar-refractivity contribution in [3.63, 3.8) is 0 Å². The summed E-state index contributed by atoms with van der Waals surface area (Å²) < 4.78 is 33.2. The highest BCUT2D eigenvalue weighted by Gasteiger charge is 2.31. The molecule has 1 aliphatic rings. The number of ether oxygens (including phenoxy) is 1. The van der Waals surface area contributed by atoms with Crippen LogP contribution in [0.25, 0.3) is 0 Å². The zero-order valence-corrected chi connectivity index (χ0v) is 20.1. The van der Waals surface area contributed by atoms with Gasteiger partial charge in [0.2, 0.25) is 0 Å². The number of nitrogens with zero attached hydrogens (tertiary/aromatic N) is 1. The summed E-state index contributed by atoms with van der Waals surface area (Å²) in [7, 11) is -3.86. The molecular weight excluding hydrogens is 452 g/mol. The van der Waals surface area contributed by atoms with Gasteiger partial charge in [-0.2, -0.15) is 0 Å². The van der Waals surface area contributed by atoms with Gasteiger partial charge in [0.25, 0.3) is 15.9 Å². The van der Waals surface area contributed by atoms with Crippen LogP contribution in [0.3, 0.4) is 0 Å². The minimum Gasteiger partial charge on any atom is -0.449 e. The lowest BCUT2D eigenvalue weighted by molar-refractivity contribution is -0.123. The van der Waals surface area contributed by atoms with E-state index in [1.165, 1.54) is 35.5 Å². The average Bonchev–Trinajstić information content (AvgIpc) is 3.26. The van der Waals surface area contributed by atoms with Gasteiger partial charge in [0.05, 0.1) is 16.1 Å². The Morgan fingerprint density at radius 2 is 1.76 bits per heavy atom.